The van der Waals surface area contributed by atoms with E-state index in [1.165, 1.54) is 12.8 Å². The van der Waals surface area contributed by atoms with Crippen LogP contribution in [0.1, 0.15) is 31.9 Å². The Morgan fingerprint density at radius 2 is 2.15 bits per heavy atom. The van der Waals surface area contributed by atoms with Gasteiger partial charge in [-0.05, 0) is 24.7 Å². The van der Waals surface area contributed by atoms with Crippen LogP contribution in [0.4, 0.5) is 5.69 Å². The quantitative estimate of drug-likeness (QED) is 0.594. The predicted octanol–water partition coefficient (Wildman–Crippen LogP) is 3.32. The maximum atomic E-state index is 5.64. The summed E-state index contributed by atoms with van der Waals surface area (Å²) in [5, 5.41) is 0. The van der Waals surface area contributed by atoms with E-state index in [-0.39, 0.29) is 0 Å². The average Bonchev–Trinajstić information content (AvgIpc) is 2.03. The van der Waals surface area contributed by atoms with Gasteiger partial charge in [0.15, 0.2) is 4.71 Å². The zero-order valence-electron chi connectivity index (χ0n) is 7.88. The molecule has 0 aliphatic rings. The Morgan fingerprint density at radius 3 is 2.77 bits per heavy atom. The van der Waals surface area contributed by atoms with Crippen LogP contribution in [0.15, 0.2) is 16.5 Å². The molecule has 13 heavy (non-hydrogen) atoms. The number of rotatable bonds is 4. The monoisotopic (exact) mass is 197 g/mol. The van der Waals surface area contributed by atoms with E-state index in [0.29, 0.717) is 10.4 Å². The molecule has 0 radical (unpaired) electrons. The van der Waals surface area contributed by atoms with Crippen LogP contribution in [0, 0.1) is 4.71 Å². The van der Waals surface area contributed by atoms with Crippen LogP contribution in [0.5, 0.6) is 0 Å². The maximum Gasteiger partial charge on any atom is 0.192 e. The zero-order chi connectivity index (χ0) is 9.68. The van der Waals surface area contributed by atoms with Crippen LogP contribution in [0.3, 0.4) is 0 Å². The van der Waals surface area contributed by atoms with Crippen molar-refractivity contribution in [1.82, 2.24) is 0 Å². The van der Waals surface area contributed by atoms with Gasteiger partial charge >= 0.3 is 0 Å². The lowest BCUT2D eigenvalue weighted by molar-refractivity contribution is 0.469. The first-order chi connectivity index (χ1) is 6.22. The third-order valence-corrected chi connectivity index (χ3v) is 2.07. The summed E-state index contributed by atoms with van der Waals surface area (Å²) < 4.78 is 5.82. The molecular weight excluding hydrogens is 182 g/mol. The molecule has 2 N–H and O–H groups in total. The standard InChI is InChI=1S/C10H15NOS/c1-2-3-4-5-9-6-8(11)7-10(13)12-9/h6-7H,2-5,11H2,1H3. The van der Waals surface area contributed by atoms with Gasteiger partial charge in [-0.15, -0.1) is 0 Å². The Kier molecular flexibility index (Phi) is 3.96. The second kappa shape index (κ2) is 5.02. The van der Waals surface area contributed by atoms with Crippen molar-refractivity contribution in [3.8, 4) is 0 Å². The van der Waals surface area contributed by atoms with E-state index in [9.17, 15) is 0 Å². The second-order valence-electron chi connectivity index (χ2n) is 3.13. The van der Waals surface area contributed by atoms with Crippen LogP contribution >= 0.6 is 12.2 Å². The van der Waals surface area contributed by atoms with Gasteiger partial charge in [-0.1, -0.05) is 19.8 Å². The fourth-order valence-corrected chi connectivity index (χ4v) is 1.47. The van der Waals surface area contributed by atoms with Gasteiger partial charge in [0.25, 0.3) is 0 Å². The summed E-state index contributed by atoms with van der Waals surface area (Å²) in [4.78, 5) is 0. The summed E-state index contributed by atoms with van der Waals surface area (Å²) >= 11 is 4.92. The Labute approximate surface area is 83.8 Å². The van der Waals surface area contributed by atoms with E-state index in [0.717, 1.165) is 18.6 Å². The van der Waals surface area contributed by atoms with Crippen molar-refractivity contribution in [3.05, 3.63) is 22.6 Å². The summed E-state index contributed by atoms with van der Waals surface area (Å²) in [5.74, 6) is 0.901. The van der Waals surface area contributed by atoms with Crippen LogP contribution < -0.4 is 5.73 Å². The summed E-state index contributed by atoms with van der Waals surface area (Å²) in [7, 11) is 0. The highest BCUT2D eigenvalue weighted by Crippen LogP contribution is 2.11. The minimum Gasteiger partial charge on any atom is -0.450 e. The molecule has 2 nitrogen and oxygen atoms in total. The lowest BCUT2D eigenvalue weighted by Crippen LogP contribution is -1.90. The number of hydrogen-bond donors (Lipinski definition) is 1. The Morgan fingerprint density at radius 1 is 1.38 bits per heavy atom. The maximum absolute atomic E-state index is 5.64. The van der Waals surface area contributed by atoms with Gasteiger partial charge in [-0.25, -0.2) is 0 Å². The van der Waals surface area contributed by atoms with Crippen LogP contribution in [-0.2, 0) is 6.42 Å². The highest BCUT2D eigenvalue weighted by molar-refractivity contribution is 7.71. The topological polar surface area (TPSA) is 39.2 Å². The highest BCUT2D eigenvalue weighted by atomic mass is 32.1. The first-order valence-corrected chi connectivity index (χ1v) is 5.02. The van der Waals surface area contributed by atoms with Crippen LogP contribution in [-0.4, -0.2) is 0 Å². The largest absolute Gasteiger partial charge is 0.450 e. The molecule has 0 aliphatic heterocycles. The fraction of sp³-hybridized carbons (Fsp3) is 0.500. The molecule has 0 bridgehead atoms. The number of unbranched alkanes of at least 4 members (excludes halogenated alkanes) is 2. The lowest BCUT2D eigenvalue weighted by Gasteiger charge is -2.00. The molecule has 1 aromatic rings. The number of anilines is 1. The molecule has 1 heterocycles. The van der Waals surface area contributed by atoms with Crippen molar-refractivity contribution in [1.29, 1.82) is 0 Å². The second-order valence-corrected chi connectivity index (χ2v) is 3.54. The first kappa shape index (κ1) is 10.3. The third-order valence-electron chi connectivity index (χ3n) is 1.87. The number of aryl methyl sites for hydroxylation is 1. The van der Waals surface area contributed by atoms with E-state index in [2.05, 4.69) is 6.92 Å². The predicted molar refractivity (Wildman–Crippen MR) is 57.2 cm³/mol. The highest BCUT2D eigenvalue weighted by Gasteiger charge is 1.97. The van der Waals surface area contributed by atoms with Crippen molar-refractivity contribution in [2.75, 3.05) is 5.73 Å². The van der Waals surface area contributed by atoms with Crippen molar-refractivity contribution >= 4 is 17.9 Å². The van der Waals surface area contributed by atoms with E-state index in [1.807, 2.05) is 6.07 Å². The number of nitrogens with two attached hydrogens (primary N) is 1. The van der Waals surface area contributed by atoms with E-state index in [4.69, 9.17) is 22.4 Å². The molecule has 0 spiro atoms. The molecule has 0 aliphatic carbocycles. The van der Waals surface area contributed by atoms with E-state index < -0.39 is 0 Å². The molecule has 0 fully saturated rings. The molecule has 0 unspecified atom stereocenters. The summed E-state index contributed by atoms with van der Waals surface area (Å²) in [6, 6.07) is 3.52. The van der Waals surface area contributed by atoms with Gasteiger partial charge in [-0.3, -0.25) is 0 Å². The molecule has 1 rings (SSSR count). The average molecular weight is 197 g/mol. The van der Waals surface area contributed by atoms with Gasteiger partial charge in [0, 0.05) is 18.2 Å². The van der Waals surface area contributed by atoms with Crippen molar-refractivity contribution in [2.45, 2.75) is 32.6 Å². The molecule has 0 atom stereocenters. The van der Waals surface area contributed by atoms with Gasteiger partial charge in [0.1, 0.15) is 5.76 Å². The van der Waals surface area contributed by atoms with E-state index in [1.54, 1.807) is 6.07 Å². The van der Waals surface area contributed by atoms with Crippen LogP contribution in [0.2, 0.25) is 0 Å². The van der Waals surface area contributed by atoms with Crippen LogP contribution in [0.25, 0.3) is 0 Å². The molecule has 1 aromatic heterocycles. The third kappa shape index (κ3) is 3.59. The van der Waals surface area contributed by atoms with Gasteiger partial charge in [0.05, 0.1) is 0 Å². The summed E-state index contributed by atoms with van der Waals surface area (Å²) in [6.45, 7) is 2.18. The normalized spacial score (nSPS) is 10.2. The van der Waals surface area contributed by atoms with Crippen molar-refractivity contribution in [3.63, 3.8) is 0 Å². The Hall–Kier alpha value is -0.830. The number of nitrogen functional groups attached to an aromatic ring is 1. The summed E-state index contributed by atoms with van der Waals surface area (Å²) in [5.41, 5.74) is 6.33. The minimum absolute atomic E-state index is 0.478. The van der Waals surface area contributed by atoms with Crippen molar-refractivity contribution < 1.29 is 4.42 Å². The van der Waals surface area contributed by atoms with Gasteiger partial charge < -0.3 is 10.2 Å². The fourth-order valence-electron chi connectivity index (χ4n) is 1.22. The lowest BCUT2D eigenvalue weighted by atomic mass is 10.1. The molecule has 0 aromatic carbocycles. The minimum atomic E-state index is 0.478. The zero-order valence-corrected chi connectivity index (χ0v) is 8.69. The Balaban J connectivity index is 2.61. The molecule has 0 saturated heterocycles. The molecule has 0 saturated carbocycles. The molecule has 3 heteroatoms. The van der Waals surface area contributed by atoms with Gasteiger partial charge in [-0.2, -0.15) is 0 Å². The van der Waals surface area contributed by atoms with Crippen molar-refractivity contribution in [2.24, 2.45) is 0 Å². The summed E-state index contributed by atoms with van der Waals surface area (Å²) in [6.07, 6.45) is 4.50. The SMILES string of the molecule is CCCCCc1cc(N)cc(=S)o1. The molecular formula is C10H15NOS. The Bertz CT molecular complexity index is 319. The number of hydrogen-bond acceptors (Lipinski definition) is 3. The van der Waals surface area contributed by atoms with E-state index >= 15 is 0 Å². The first-order valence-electron chi connectivity index (χ1n) is 4.62. The van der Waals surface area contributed by atoms with Gasteiger partial charge in [0.2, 0.25) is 0 Å². The smallest absolute Gasteiger partial charge is 0.192 e. The molecule has 72 valence electrons. The molecule has 0 amide bonds.